The molecule has 4 nitrogen and oxygen atoms in total. The summed E-state index contributed by atoms with van der Waals surface area (Å²) in [7, 11) is 0. The van der Waals surface area contributed by atoms with Gasteiger partial charge < -0.3 is 19.0 Å². The molecule has 0 fully saturated rings. The van der Waals surface area contributed by atoms with E-state index in [9.17, 15) is 0 Å². The van der Waals surface area contributed by atoms with Crippen molar-refractivity contribution < 1.29 is 9.15 Å². The van der Waals surface area contributed by atoms with Gasteiger partial charge in [-0.3, -0.25) is 0 Å². The van der Waals surface area contributed by atoms with Gasteiger partial charge in [0.15, 0.2) is 6.23 Å². The SMILES string of the molecule is c1ccc(-c2cc3c(c4c2oc2ccccc24)NC(c2ccc(-n4c5ccccc5c5ccccc54)c4ccccc24)O3)cc1. The summed E-state index contributed by atoms with van der Waals surface area (Å²) in [6.45, 7) is 0. The summed E-state index contributed by atoms with van der Waals surface area (Å²) >= 11 is 0. The first-order valence-electron chi connectivity index (χ1n) is 15.3. The molecule has 3 heterocycles. The summed E-state index contributed by atoms with van der Waals surface area (Å²) < 4.78 is 15.7. The average Bonchev–Trinajstić information content (AvgIpc) is 3.80. The van der Waals surface area contributed by atoms with Gasteiger partial charge in [0.25, 0.3) is 0 Å². The molecule has 0 radical (unpaired) electrons. The zero-order chi connectivity index (χ0) is 29.5. The molecule has 0 amide bonds. The third-order valence-electron chi connectivity index (χ3n) is 9.26. The zero-order valence-electron chi connectivity index (χ0n) is 24.2. The number of para-hydroxylation sites is 3. The van der Waals surface area contributed by atoms with Crippen LogP contribution in [0.2, 0.25) is 0 Å². The highest BCUT2D eigenvalue weighted by atomic mass is 16.5. The van der Waals surface area contributed by atoms with E-state index < -0.39 is 0 Å². The van der Waals surface area contributed by atoms with Gasteiger partial charge in [-0.1, -0.05) is 115 Å². The molecule has 9 aromatic rings. The Labute approximate surface area is 258 Å². The second-order valence-electron chi connectivity index (χ2n) is 11.7. The standard InChI is InChI=1S/C41H26N2O2/c1-2-12-25(13-3-1)32-24-37-39(38-31-18-8-11-21-36(31)44-40(32)38)42-41(45-37)30-22-23-35(27-15-5-4-14-26(27)30)43-33-19-9-6-16-28(33)29-17-7-10-20-34(29)43/h1-24,41-42H. The second-order valence-corrected chi connectivity index (χ2v) is 11.7. The van der Waals surface area contributed by atoms with Crippen LogP contribution in [0.25, 0.3) is 71.3 Å². The van der Waals surface area contributed by atoms with Gasteiger partial charge in [0.05, 0.1) is 27.8 Å². The summed E-state index contributed by atoms with van der Waals surface area (Å²) in [5, 5.41) is 10.7. The maximum Gasteiger partial charge on any atom is 0.197 e. The van der Waals surface area contributed by atoms with E-state index in [1.807, 2.05) is 18.2 Å². The number of benzene rings is 7. The van der Waals surface area contributed by atoms with E-state index in [0.717, 1.165) is 61.1 Å². The summed E-state index contributed by atoms with van der Waals surface area (Å²) in [6, 6.07) is 51.2. The van der Waals surface area contributed by atoms with E-state index in [-0.39, 0.29) is 6.23 Å². The number of hydrogen-bond donors (Lipinski definition) is 1. The van der Waals surface area contributed by atoms with Crippen molar-refractivity contribution in [1.29, 1.82) is 0 Å². The highest BCUT2D eigenvalue weighted by Gasteiger charge is 2.31. The van der Waals surface area contributed by atoms with Crippen LogP contribution in [0, 0.1) is 0 Å². The number of nitrogens with one attached hydrogen (secondary N) is 1. The molecule has 0 aliphatic carbocycles. The van der Waals surface area contributed by atoms with E-state index in [1.54, 1.807) is 0 Å². The lowest BCUT2D eigenvalue weighted by Crippen LogP contribution is -2.11. The molecule has 0 saturated heterocycles. The third kappa shape index (κ3) is 3.48. The number of rotatable bonds is 3. The molecule has 1 unspecified atom stereocenters. The maximum atomic E-state index is 6.80. The van der Waals surface area contributed by atoms with Crippen molar-refractivity contribution in [3.63, 3.8) is 0 Å². The molecule has 1 aliphatic heterocycles. The van der Waals surface area contributed by atoms with Crippen molar-refractivity contribution in [3.8, 4) is 22.6 Å². The van der Waals surface area contributed by atoms with Gasteiger partial charge in [-0.15, -0.1) is 0 Å². The predicted molar refractivity (Wildman–Crippen MR) is 184 cm³/mol. The lowest BCUT2D eigenvalue weighted by atomic mass is 10.00. The predicted octanol–water partition coefficient (Wildman–Crippen LogP) is 11.0. The summed E-state index contributed by atoms with van der Waals surface area (Å²) in [5.41, 5.74) is 9.45. The van der Waals surface area contributed by atoms with E-state index in [1.165, 1.54) is 27.2 Å². The Morgan fingerprint density at radius 2 is 1.18 bits per heavy atom. The van der Waals surface area contributed by atoms with Gasteiger partial charge in [-0.2, -0.15) is 0 Å². The molecule has 0 bridgehead atoms. The van der Waals surface area contributed by atoms with Crippen LogP contribution in [-0.2, 0) is 0 Å². The number of aromatic nitrogens is 1. The first-order valence-corrected chi connectivity index (χ1v) is 15.3. The van der Waals surface area contributed by atoms with Crippen LogP contribution in [0.3, 0.4) is 0 Å². The zero-order valence-corrected chi connectivity index (χ0v) is 24.2. The number of nitrogens with zero attached hydrogens (tertiary/aromatic N) is 1. The lowest BCUT2D eigenvalue weighted by Gasteiger charge is -2.18. The van der Waals surface area contributed by atoms with Crippen molar-refractivity contribution in [2.24, 2.45) is 0 Å². The largest absolute Gasteiger partial charge is 0.464 e. The Bertz CT molecular complexity index is 2560. The average molecular weight is 579 g/mol. The van der Waals surface area contributed by atoms with Crippen LogP contribution in [0.5, 0.6) is 5.75 Å². The summed E-state index contributed by atoms with van der Waals surface area (Å²) in [4.78, 5) is 0. The molecule has 7 aromatic carbocycles. The molecule has 212 valence electrons. The molecule has 1 aliphatic rings. The molecule has 45 heavy (non-hydrogen) atoms. The minimum atomic E-state index is -0.361. The van der Waals surface area contributed by atoms with E-state index >= 15 is 0 Å². The van der Waals surface area contributed by atoms with E-state index in [4.69, 9.17) is 9.15 Å². The number of fused-ring (bicyclic) bond motifs is 9. The van der Waals surface area contributed by atoms with Crippen LogP contribution in [0.15, 0.2) is 150 Å². The van der Waals surface area contributed by atoms with Crippen molar-refractivity contribution in [1.82, 2.24) is 4.57 Å². The monoisotopic (exact) mass is 578 g/mol. The molecule has 0 spiro atoms. The van der Waals surface area contributed by atoms with Crippen LogP contribution < -0.4 is 10.1 Å². The fourth-order valence-electron chi connectivity index (χ4n) is 7.28. The second kappa shape index (κ2) is 9.25. The number of anilines is 1. The quantitative estimate of drug-likeness (QED) is 0.227. The molecule has 1 N–H and O–H groups in total. The Kier molecular flexibility index (Phi) is 5.02. The smallest absolute Gasteiger partial charge is 0.197 e. The minimum absolute atomic E-state index is 0.361. The topological polar surface area (TPSA) is 39.3 Å². The normalized spacial score (nSPS) is 14.4. The van der Waals surface area contributed by atoms with Crippen molar-refractivity contribution in [2.45, 2.75) is 6.23 Å². The van der Waals surface area contributed by atoms with E-state index in [2.05, 4.69) is 137 Å². The van der Waals surface area contributed by atoms with Crippen LogP contribution in [0.4, 0.5) is 5.69 Å². The van der Waals surface area contributed by atoms with Crippen molar-refractivity contribution in [3.05, 3.63) is 151 Å². The molecule has 0 saturated carbocycles. The molecular formula is C41H26N2O2. The Balaban J connectivity index is 1.17. The lowest BCUT2D eigenvalue weighted by molar-refractivity contribution is 0.261. The Hall–Kier alpha value is -6.00. The molecule has 10 rings (SSSR count). The van der Waals surface area contributed by atoms with Crippen LogP contribution >= 0.6 is 0 Å². The minimum Gasteiger partial charge on any atom is -0.464 e. The summed E-state index contributed by atoms with van der Waals surface area (Å²) in [6.07, 6.45) is -0.361. The van der Waals surface area contributed by atoms with Crippen LogP contribution in [-0.4, -0.2) is 4.57 Å². The molecule has 2 aromatic heterocycles. The molecule has 1 atom stereocenters. The fourth-order valence-corrected chi connectivity index (χ4v) is 7.28. The van der Waals surface area contributed by atoms with Gasteiger partial charge in [0, 0.05) is 32.7 Å². The van der Waals surface area contributed by atoms with E-state index in [0.29, 0.717) is 0 Å². The first-order chi connectivity index (χ1) is 22.3. The van der Waals surface area contributed by atoms with Crippen molar-refractivity contribution in [2.75, 3.05) is 5.32 Å². The Morgan fingerprint density at radius 1 is 0.556 bits per heavy atom. The first kappa shape index (κ1) is 24.4. The van der Waals surface area contributed by atoms with Gasteiger partial charge >= 0.3 is 0 Å². The maximum absolute atomic E-state index is 6.80. The van der Waals surface area contributed by atoms with Crippen molar-refractivity contribution >= 4 is 60.2 Å². The summed E-state index contributed by atoms with van der Waals surface area (Å²) in [5.74, 6) is 0.827. The highest BCUT2D eigenvalue weighted by molar-refractivity contribution is 6.17. The third-order valence-corrected chi connectivity index (χ3v) is 9.26. The molecule has 4 heteroatoms. The number of hydrogen-bond acceptors (Lipinski definition) is 3. The fraction of sp³-hybridized carbons (Fsp3) is 0.0244. The number of ether oxygens (including phenoxy) is 1. The van der Waals surface area contributed by atoms with Gasteiger partial charge in [-0.25, -0.2) is 0 Å². The highest BCUT2D eigenvalue weighted by Crippen LogP contribution is 2.51. The Morgan fingerprint density at radius 3 is 1.93 bits per heavy atom. The van der Waals surface area contributed by atoms with Gasteiger partial charge in [0.1, 0.15) is 16.9 Å². The van der Waals surface area contributed by atoms with Crippen LogP contribution in [0.1, 0.15) is 11.8 Å². The van der Waals surface area contributed by atoms with Gasteiger partial charge in [-0.05, 0) is 41.3 Å². The molecular weight excluding hydrogens is 552 g/mol. The number of furan rings is 1. The van der Waals surface area contributed by atoms with Gasteiger partial charge in [0.2, 0.25) is 0 Å².